The molecule has 0 bridgehead atoms. The van der Waals surface area contributed by atoms with E-state index in [0.29, 0.717) is 29.5 Å². The van der Waals surface area contributed by atoms with Crippen LogP contribution in [0, 0.1) is 11.3 Å². The summed E-state index contributed by atoms with van der Waals surface area (Å²) in [6, 6.07) is 14.4. The SMILES string of the molecule is COc1cc(N2CCN(C)CC2)c(C=CCN)cc1Nc1ncc(C#N)c(-c2cn(C)c3ccccc23)n1. The third kappa shape index (κ3) is 4.92. The van der Waals surface area contributed by atoms with Crippen LogP contribution in [-0.4, -0.2) is 66.3 Å². The van der Waals surface area contributed by atoms with Crippen LogP contribution in [0.2, 0.25) is 0 Å². The molecule has 9 nitrogen and oxygen atoms in total. The molecule has 0 spiro atoms. The Labute approximate surface area is 222 Å². The number of nitrogens with zero attached hydrogens (tertiary/aromatic N) is 6. The second-order valence-corrected chi connectivity index (χ2v) is 9.40. The minimum atomic E-state index is 0.381. The quantitative estimate of drug-likeness (QED) is 0.386. The van der Waals surface area contributed by atoms with Gasteiger partial charge in [0.15, 0.2) is 0 Å². The van der Waals surface area contributed by atoms with Crippen molar-refractivity contribution in [1.29, 1.82) is 5.26 Å². The highest BCUT2D eigenvalue weighted by Gasteiger charge is 2.20. The molecule has 1 fully saturated rings. The Hall–Kier alpha value is -4.39. The van der Waals surface area contributed by atoms with Gasteiger partial charge in [0.05, 0.1) is 30.3 Å². The first kappa shape index (κ1) is 25.3. The number of nitrogens with two attached hydrogens (primary N) is 1. The lowest BCUT2D eigenvalue weighted by Crippen LogP contribution is -2.44. The third-order valence-electron chi connectivity index (χ3n) is 6.93. The van der Waals surface area contributed by atoms with Crippen molar-refractivity contribution in [2.45, 2.75) is 0 Å². The number of hydrogen-bond acceptors (Lipinski definition) is 8. The molecule has 2 aromatic heterocycles. The van der Waals surface area contributed by atoms with Gasteiger partial charge in [-0.2, -0.15) is 5.26 Å². The molecule has 0 atom stereocenters. The highest BCUT2D eigenvalue weighted by Crippen LogP contribution is 2.37. The number of rotatable bonds is 7. The van der Waals surface area contributed by atoms with Crippen molar-refractivity contribution < 1.29 is 4.74 Å². The third-order valence-corrected chi connectivity index (χ3v) is 6.93. The van der Waals surface area contributed by atoms with E-state index in [1.54, 1.807) is 13.3 Å². The maximum atomic E-state index is 9.81. The molecule has 3 N–H and O–H groups in total. The van der Waals surface area contributed by atoms with Gasteiger partial charge in [0.25, 0.3) is 0 Å². The maximum Gasteiger partial charge on any atom is 0.227 e. The first-order chi connectivity index (χ1) is 18.5. The van der Waals surface area contributed by atoms with Gasteiger partial charge in [0, 0.05) is 74.2 Å². The van der Waals surface area contributed by atoms with E-state index in [1.165, 1.54) is 0 Å². The number of ether oxygens (including phenoxy) is 1. The predicted molar refractivity (Wildman–Crippen MR) is 153 cm³/mol. The van der Waals surface area contributed by atoms with E-state index in [1.807, 2.05) is 54.2 Å². The van der Waals surface area contributed by atoms with Gasteiger partial charge in [-0.3, -0.25) is 0 Å². The minimum Gasteiger partial charge on any atom is -0.494 e. The number of hydrogen-bond donors (Lipinski definition) is 2. The van der Waals surface area contributed by atoms with Crippen LogP contribution in [0.5, 0.6) is 5.75 Å². The van der Waals surface area contributed by atoms with Crippen LogP contribution in [0.15, 0.2) is 54.9 Å². The van der Waals surface area contributed by atoms with Crippen molar-refractivity contribution in [2.24, 2.45) is 12.8 Å². The number of piperazine rings is 1. The van der Waals surface area contributed by atoms with Crippen LogP contribution in [0.25, 0.3) is 28.2 Å². The lowest BCUT2D eigenvalue weighted by molar-refractivity contribution is 0.312. The van der Waals surface area contributed by atoms with Crippen molar-refractivity contribution in [1.82, 2.24) is 19.4 Å². The van der Waals surface area contributed by atoms with Crippen molar-refractivity contribution >= 4 is 34.3 Å². The zero-order chi connectivity index (χ0) is 26.6. The van der Waals surface area contributed by atoms with Gasteiger partial charge < -0.3 is 30.2 Å². The standard InChI is InChI=1S/C29H32N8O/c1-35-11-13-37(14-12-35)26-16-27(38-3)24(15-20(26)7-6-10-30)33-29-32-18-21(17-31)28(34-29)23-19-36(2)25-9-5-4-8-22(23)25/h4-9,15-16,18-19H,10-14,30H2,1-3H3,(H,32,33,34). The van der Waals surface area contributed by atoms with Gasteiger partial charge in [0.1, 0.15) is 11.8 Å². The van der Waals surface area contributed by atoms with Crippen molar-refractivity contribution in [3.05, 3.63) is 66.0 Å². The fraction of sp³-hybridized carbons (Fsp3) is 0.276. The minimum absolute atomic E-state index is 0.381. The molecule has 4 aromatic rings. The zero-order valence-electron chi connectivity index (χ0n) is 22.0. The molecule has 0 aliphatic carbocycles. The molecule has 0 amide bonds. The normalized spacial score (nSPS) is 14.2. The molecule has 0 unspecified atom stereocenters. The summed E-state index contributed by atoms with van der Waals surface area (Å²) < 4.78 is 7.83. The molecule has 0 radical (unpaired) electrons. The number of nitriles is 1. The molecule has 1 saturated heterocycles. The lowest BCUT2D eigenvalue weighted by atomic mass is 10.1. The number of nitrogens with one attached hydrogen (secondary N) is 1. The topological polar surface area (TPSA) is 108 Å². The van der Waals surface area contributed by atoms with Crippen molar-refractivity contribution in [3.63, 3.8) is 0 Å². The van der Waals surface area contributed by atoms with Gasteiger partial charge >= 0.3 is 0 Å². The Morgan fingerprint density at radius 1 is 1.16 bits per heavy atom. The molecule has 2 aromatic carbocycles. The van der Waals surface area contributed by atoms with E-state index >= 15 is 0 Å². The van der Waals surface area contributed by atoms with Crippen LogP contribution < -0.4 is 20.7 Å². The number of methoxy groups -OCH3 is 1. The number of para-hydroxylation sites is 1. The van der Waals surface area contributed by atoms with Gasteiger partial charge in [0.2, 0.25) is 5.95 Å². The Bertz CT molecular complexity index is 1530. The summed E-state index contributed by atoms with van der Waals surface area (Å²) in [4.78, 5) is 13.9. The van der Waals surface area contributed by atoms with Gasteiger partial charge in [-0.1, -0.05) is 30.4 Å². The monoisotopic (exact) mass is 508 g/mol. The van der Waals surface area contributed by atoms with E-state index in [4.69, 9.17) is 15.5 Å². The van der Waals surface area contributed by atoms with Gasteiger partial charge in [-0.05, 0) is 24.7 Å². The summed E-state index contributed by atoms with van der Waals surface area (Å²) in [6.07, 6.45) is 7.55. The molecule has 5 rings (SSSR count). The molecule has 38 heavy (non-hydrogen) atoms. The largest absolute Gasteiger partial charge is 0.494 e. The van der Waals surface area contributed by atoms with Crippen LogP contribution in [0.3, 0.4) is 0 Å². The number of likely N-dealkylation sites (N-methyl/N-ethyl adjacent to an activating group) is 1. The van der Waals surface area contributed by atoms with E-state index < -0.39 is 0 Å². The fourth-order valence-corrected chi connectivity index (χ4v) is 4.88. The molecule has 1 aliphatic heterocycles. The second kappa shape index (κ2) is 10.9. The first-order valence-electron chi connectivity index (χ1n) is 12.6. The second-order valence-electron chi connectivity index (χ2n) is 9.40. The molecular weight excluding hydrogens is 476 g/mol. The lowest BCUT2D eigenvalue weighted by Gasteiger charge is -2.35. The number of anilines is 3. The zero-order valence-corrected chi connectivity index (χ0v) is 22.0. The Morgan fingerprint density at radius 2 is 1.95 bits per heavy atom. The van der Waals surface area contributed by atoms with Gasteiger partial charge in [-0.25, -0.2) is 9.97 Å². The summed E-state index contributed by atoms with van der Waals surface area (Å²) in [7, 11) is 5.79. The predicted octanol–water partition coefficient (Wildman–Crippen LogP) is 3.98. The Morgan fingerprint density at radius 3 is 2.68 bits per heavy atom. The molecule has 0 saturated carbocycles. The summed E-state index contributed by atoms with van der Waals surface area (Å²) in [5, 5.41) is 14.2. The molecular formula is C29H32N8O. The van der Waals surface area contributed by atoms with Crippen molar-refractivity contribution in [2.75, 3.05) is 57.1 Å². The number of aryl methyl sites for hydroxylation is 1. The van der Waals surface area contributed by atoms with Crippen molar-refractivity contribution in [3.8, 4) is 23.1 Å². The number of aromatic nitrogens is 3. The van der Waals surface area contributed by atoms with Crippen LogP contribution in [0.4, 0.5) is 17.3 Å². The Kier molecular flexibility index (Phi) is 7.26. The van der Waals surface area contributed by atoms with E-state index in [9.17, 15) is 5.26 Å². The highest BCUT2D eigenvalue weighted by atomic mass is 16.5. The number of benzene rings is 2. The summed E-state index contributed by atoms with van der Waals surface area (Å²) in [5.41, 5.74) is 11.6. The average Bonchev–Trinajstić information content (AvgIpc) is 3.28. The maximum absolute atomic E-state index is 9.81. The van der Waals surface area contributed by atoms with E-state index in [2.05, 4.69) is 45.4 Å². The summed E-state index contributed by atoms with van der Waals surface area (Å²) in [5.74, 6) is 1.06. The highest BCUT2D eigenvalue weighted by molar-refractivity contribution is 5.96. The molecule has 1 aliphatic rings. The molecule has 3 heterocycles. The average molecular weight is 509 g/mol. The smallest absolute Gasteiger partial charge is 0.227 e. The fourth-order valence-electron chi connectivity index (χ4n) is 4.88. The van der Waals surface area contributed by atoms with Crippen LogP contribution >= 0.6 is 0 Å². The molecule has 194 valence electrons. The van der Waals surface area contributed by atoms with Crippen LogP contribution in [-0.2, 0) is 7.05 Å². The van der Waals surface area contributed by atoms with E-state index in [-0.39, 0.29) is 0 Å². The Balaban J connectivity index is 1.55. The van der Waals surface area contributed by atoms with Crippen LogP contribution in [0.1, 0.15) is 11.1 Å². The van der Waals surface area contributed by atoms with E-state index in [0.717, 1.165) is 59.6 Å². The number of fused-ring (bicyclic) bond motifs is 1. The molecule has 9 heteroatoms. The first-order valence-corrected chi connectivity index (χ1v) is 12.6. The van der Waals surface area contributed by atoms with Gasteiger partial charge in [-0.15, -0.1) is 0 Å². The summed E-state index contributed by atoms with van der Waals surface area (Å²) >= 11 is 0. The summed E-state index contributed by atoms with van der Waals surface area (Å²) in [6.45, 7) is 4.31.